The van der Waals surface area contributed by atoms with E-state index in [9.17, 15) is 9.18 Å². The molecule has 1 nitrogen and oxygen atoms in total. The molecule has 0 radical (unpaired) electrons. The Labute approximate surface area is 133 Å². The maximum absolute atomic E-state index is 13.0. The largest absolute Gasteiger partial charge is 0.298 e. The molecule has 0 fully saturated rings. The number of halogens is 3. The first-order valence-corrected chi connectivity index (χ1v) is 7.30. The summed E-state index contributed by atoms with van der Waals surface area (Å²) in [6, 6.07) is 11.2. The van der Waals surface area contributed by atoms with Crippen molar-refractivity contribution in [2.75, 3.05) is 0 Å². The van der Waals surface area contributed by atoms with E-state index in [0.29, 0.717) is 15.6 Å². The third-order valence-corrected chi connectivity index (χ3v) is 4.50. The van der Waals surface area contributed by atoms with Crippen LogP contribution in [0, 0.1) is 5.82 Å². The third kappa shape index (κ3) is 3.45. The van der Waals surface area contributed by atoms with Crippen LogP contribution in [0.15, 0.2) is 42.5 Å². The van der Waals surface area contributed by atoms with Gasteiger partial charge in [-0.05, 0) is 43.2 Å². The first-order chi connectivity index (χ1) is 9.82. The molecule has 0 bridgehead atoms. The maximum atomic E-state index is 13.0. The first kappa shape index (κ1) is 16.0. The Morgan fingerprint density at radius 2 is 1.71 bits per heavy atom. The van der Waals surface area contributed by atoms with Crippen LogP contribution >= 0.6 is 23.2 Å². The second kappa shape index (κ2) is 6.17. The Morgan fingerprint density at radius 3 is 2.33 bits per heavy atom. The zero-order chi connectivity index (χ0) is 15.6. The average Bonchev–Trinajstić information content (AvgIpc) is 2.44. The molecule has 0 amide bonds. The van der Waals surface area contributed by atoms with E-state index in [1.807, 2.05) is 13.8 Å². The van der Waals surface area contributed by atoms with Gasteiger partial charge in [-0.1, -0.05) is 47.5 Å². The number of Topliss-reactive ketones (excluding diaryl/α,β-unsaturated/α-hetero) is 1. The van der Waals surface area contributed by atoms with Gasteiger partial charge in [0, 0.05) is 11.8 Å². The summed E-state index contributed by atoms with van der Waals surface area (Å²) in [7, 11) is 0. The molecule has 110 valence electrons. The summed E-state index contributed by atoms with van der Waals surface area (Å²) in [5.74, 6) is -0.321. The third-order valence-electron chi connectivity index (χ3n) is 3.65. The number of benzene rings is 2. The first-order valence-electron chi connectivity index (χ1n) is 6.54. The van der Waals surface area contributed by atoms with Crippen molar-refractivity contribution in [2.24, 2.45) is 0 Å². The van der Waals surface area contributed by atoms with Crippen molar-refractivity contribution in [3.63, 3.8) is 0 Å². The minimum Gasteiger partial charge on any atom is -0.298 e. The van der Waals surface area contributed by atoms with Crippen LogP contribution < -0.4 is 0 Å². The summed E-state index contributed by atoms with van der Waals surface area (Å²) in [6.07, 6.45) is 0.184. The van der Waals surface area contributed by atoms with Crippen LogP contribution in [0.5, 0.6) is 0 Å². The molecular weight excluding hydrogens is 310 g/mol. The second-order valence-electron chi connectivity index (χ2n) is 5.44. The molecule has 0 saturated heterocycles. The molecule has 21 heavy (non-hydrogen) atoms. The molecule has 0 aromatic heterocycles. The predicted octanol–water partition coefficient (Wildman–Crippen LogP) is 5.22. The van der Waals surface area contributed by atoms with Crippen LogP contribution in [0.4, 0.5) is 4.39 Å². The van der Waals surface area contributed by atoms with Gasteiger partial charge in [0.15, 0.2) is 0 Å². The van der Waals surface area contributed by atoms with Crippen molar-refractivity contribution < 1.29 is 9.18 Å². The molecule has 0 atom stereocenters. The topological polar surface area (TPSA) is 17.1 Å². The van der Waals surface area contributed by atoms with E-state index in [4.69, 9.17) is 23.2 Å². The van der Waals surface area contributed by atoms with Crippen LogP contribution in [0.3, 0.4) is 0 Å². The highest BCUT2D eigenvalue weighted by Gasteiger charge is 2.30. The number of hydrogen-bond acceptors (Lipinski definition) is 1. The summed E-state index contributed by atoms with van der Waals surface area (Å²) in [5, 5.41) is 0.837. The molecule has 2 rings (SSSR count). The second-order valence-corrected chi connectivity index (χ2v) is 6.23. The number of carbonyl (C=O) groups excluding carboxylic acids is 1. The lowest BCUT2D eigenvalue weighted by atomic mass is 9.78. The van der Waals surface area contributed by atoms with Gasteiger partial charge in [-0.2, -0.15) is 0 Å². The molecule has 0 aliphatic heterocycles. The fourth-order valence-corrected chi connectivity index (χ4v) is 2.49. The normalized spacial score (nSPS) is 11.5. The number of ketones is 1. The minimum absolute atomic E-state index is 0.00160. The van der Waals surface area contributed by atoms with Crippen LogP contribution in [0.25, 0.3) is 0 Å². The van der Waals surface area contributed by atoms with Crippen LogP contribution in [-0.4, -0.2) is 5.78 Å². The number of carbonyl (C=O) groups is 1. The van der Waals surface area contributed by atoms with Crippen LogP contribution in [0.1, 0.15) is 25.0 Å². The van der Waals surface area contributed by atoms with E-state index >= 15 is 0 Å². The highest BCUT2D eigenvalue weighted by atomic mass is 35.5. The zero-order valence-corrected chi connectivity index (χ0v) is 13.3. The average molecular weight is 325 g/mol. The molecule has 4 heteroatoms. The number of rotatable bonds is 4. The van der Waals surface area contributed by atoms with Gasteiger partial charge in [-0.25, -0.2) is 4.39 Å². The highest BCUT2D eigenvalue weighted by molar-refractivity contribution is 6.42. The fourth-order valence-electron chi connectivity index (χ4n) is 2.11. The van der Waals surface area contributed by atoms with Gasteiger partial charge in [0.1, 0.15) is 11.6 Å². The lowest BCUT2D eigenvalue weighted by molar-refractivity contribution is -0.122. The molecule has 0 heterocycles. The summed E-state index contributed by atoms with van der Waals surface area (Å²) >= 11 is 12.1. The number of hydrogen-bond donors (Lipinski definition) is 0. The van der Waals surface area contributed by atoms with Crippen molar-refractivity contribution in [1.29, 1.82) is 0 Å². The SMILES string of the molecule is CC(C)(C(=O)Cc1cccc(Cl)c1Cl)c1ccc(F)cc1. The molecule has 2 aromatic rings. The molecule has 0 aliphatic rings. The summed E-state index contributed by atoms with van der Waals surface area (Å²) in [4.78, 5) is 12.6. The quantitative estimate of drug-likeness (QED) is 0.753. The molecular formula is C17H15Cl2FO. The van der Waals surface area contributed by atoms with Crippen LogP contribution in [-0.2, 0) is 16.6 Å². The Balaban J connectivity index is 2.26. The molecule has 0 unspecified atom stereocenters. The van der Waals surface area contributed by atoms with Crippen molar-refractivity contribution in [2.45, 2.75) is 25.7 Å². The van der Waals surface area contributed by atoms with Gasteiger partial charge >= 0.3 is 0 Å². The van der Waals surface area contributed by atoms with E-state index in [0.717, 1.165) is 5.56 Å². The van der Waals surface area contributed by atoms with Gasteiger partial charge < -0.3 is 0 Å². The van der Waals surface area contributed by atoms with Crippen LogP contribution in [0.2, 0.25) is 10.0 Å². The van der Waals surface area contributed by atoms with Gasteiger partial charge in [-0.3, -0.25) is 4.79 Å². The molecule has 0 N–H and O–H groups in total. The zero-order valence-electron chi connectivity index (χ0n) is 11.8. The van der Waals surface area contributed by atoms with E-state index in [1.54, 1.807) is 30.3 Å². The standard InChI is InChI=1S/C17H15Cl2FO/c1-17(2,12-6-8-13(20)9-7-12)15(21)10-11-4-3-5-14(18)16(11)19/h3-9H,10H2,1-2H3. The molecule has 0 aliphatic carbocycles. The smallest absolute Gasteiger partial charge is 0.147 e. The van der Waals surface area contributed by atoms with Gasteiger partial charge in [0.2, 0.25) is 0 Å². The van der Waals surface area contributed by atoms with Crippen molar-refractivity contribution in [1.82, 2.24) is 0 Å². The summed E-state index contributed by atoms with van der Waals surface area (Å²) in [5.41, 5.74) is 0.746. The Bertz CT molecular complexity index is 663. The highest BCUT2D eigenvalue weighted by Crippen LogP contribution is 2.30. The van der Waals surface area contributed by atoms with Crippen molar-refractivity contribution >= 4 is 29.0 Å². The van der Waals surface area contributed by atoms with Gasteiger partial charge in [0.05, 0.1) is 10.0 Å². The van der Waals surface area contributed by atoms with Gasteiger partial charge in [-0.15, -0.1) is 0 Å². The monoisotopic (exact) mass is 324 g/mol. The van der Waals surface area contributed by atoms with E-state index in [2.05, 4.69) is 0 Å². The van der Waals surface area contributed by atoms with E-state index in [-0.39, 0.29) is 18.0 Å². The molecule has 2 aromatic carbocycles. The molecule has 0 spiro atoms. The van der Waals surface area contributed by atoms with Gasteiger partial charge in [0.25, 0.3) is 0 Å². The Hall–Kier alpha value is -1.38. The predicted molar refractivity (Wildman–Crippen MR) is 84.6 cm³/mol. The van der Waals surface area contributed by atoms with Crippen molar-refractivity contribution in [3.8, 4) is 0 Å². The lowest BCUT2D eigenvalue weighted by Crippen LogP contribution is -2.30. The Kier molecular flexibility index (Phi) is 4.70. The van der Waals surface area contributed by atoms with E-state index < -0.39 is 5.41 Å². The summed E-state index contributed by atoms with van der Waals surface area (Å²) in [6.45, 7) is 3.64. The lowest BCUT2D eigenvalue weighted by Gasteiger charge is -2.24. The van der Waals surface area contributed by atoms with Crippen molar-refractivity contribution in [3.05, 3.63) is 69.5 Å². The Morgan fingerprint density at radius 1 is 1.10 bits per heavy atom. The van der Waals surface area contributed by atoms with E-state index in [1.165, 1.54) is 12.1 Å². The fraction of sp³-hybridized carbons (Fsp3) is 0.235. The molecule has 0 saturated carbocycles. The summed E-state index contributed by atoms with van der Waals surface area (Å²) < 4.78 is 13.0. The minimum atomic E-state index is -0.723. The maximum Gasteiger partial charge on any atom is 0.147 e.